The molecule has 28 heavy (non-hydrogen) atoms. The fourth-order valence-corrected chi connectivity index (χ4v) is 5.08. The van der Waals surface area contributed by atoms with Gasteiger partial charge in [-0.3, -0.25) is 0 Å². The predicted octanol–water partition coefficient (Wildman–Crippen LogP) is 2.95. The first-order valence-electron chi connectivity index (χ1n) is 8.39. The van der Waals surface area contributed by atoms with E-state index < -0.39 is 52.8 Å². The summed E-state index contributed by atoms with van der Waals surface area (Å²) in [6.07, 6.45) is -6.14. The Hall–Kier alpha value is -1.95. The number of piperidine rings is 1. The summed E-state index contributed by atoms with van der Waals surface area (Å²) in [5.74, 6) is -3.69. The Kier molecular flexibility index (Phi) is 5.30. The van der Waals surface area contributed by atoms with Gasteiger partial charge in [-0.1, -0.05) is 0 Å². The van der Waals surface area contributed by atoms with Crippen LogP contribution in [0.5, 0.6) is 5.75 Å². The van der Waals surface area contributed by atoms with Gasteiger partial charge in [-0.25, -0.2) is 22.0 Å². The van der Waals surface area contributed by atoms with Gasteiger partial charge in [0.1, 0.15) is 5.75 Å². The number of nitrogens with zero attached hydrogens (tertiary/aromatic N) is 2. The lowest BCUT2D eigenvalue weighted by molar-refractivity contribution is -0.137. The number of hydrogen-bond donors (Lipinski definition) is 0. The molecule has 12 heteroatoms. The molecule has 1 unspecified atom stereocenters. The number of alkyl halides is 5. The van der Waals surface area contributed by atoms with Crippen LogP contribution in [0, 0.1) is 0 Å². The third-order valence-electron chi connectivity index (χ3n) is 4.58. The van der Waals surface area contributed by atoms with E-state index in [1.165, 1.54) is 0 Å². The van der Waals surface area contributed by atoms with E-state index in [-0.39, 0.29) is 24.6 Å². The number of carbonyl (C=O) groups excluding carboxylic acids is 1. The minimum absolute atomic E-state index is 0.102. The normalized spacial score (nSPS) is 24.9. The quantitative estimate of drug-likeness (QED) is 0.680. The largest absolute Gasteiger partial charge is 0.416 e. The Balaban J connectivity index is 1.72. The lowest BCUT2D eigenvalue weighted by atomic mass is 10.0. The van der Waals surface area contributed by atoms with E-state index in [9.17, 15) is 35.2 Å². The monoisotopic (exact) mass is 428 g/mol. The van der Waals surface area contributed by atoms with Gasteiger partial charge in [0.25, 0.3) is 5.92 Å². The smallest absolute Gasteiger partial charge is 0.410 e. The van der Waals surface area contributed by atoms with Crippen LogP contribution in [0.3, 0.4) is 0 Å². The Morgan fingerprint density at radius 2 is 1.82 bits per heavy atom. The van der Waals surface area contributed by atoms with Crippen LogP contribution in [-0.4, -0.2) is 61.1 Å². The molecule has 0 saturated carbocycles. The number of amides is 1. The van der Waals surface area contributed by atoms with Crippen LogP contribution in [0.25, 0.3) is 0 Å². The number of halogens is 5. The standard InChI is InChI=1S/C16H17F5N2O4S/c17-15(18)8-12(23-6-1-7-28(23,25)26)9-22(10-15)14(24)27-13-4-2-11(3-5-13)16(19,20)21/h2-5,12H,1,6-10H2. The third kappa shape index (κ3) is 4.54. The number of sulfonamides is 1. The van der Waals surface area contributed by atoms with Gasteiger partial charge in [-0.05, 0) is 30.7 Å². The zero-order valence-corrected chi connectivity index (χ0v) is 15.3. The van der Waals surface area contributed by atoms with E-state index in [0.717, 1.165) is 16.4 Å². The molecule has 0 aliphatic carbocycles. The van der Waals surface area contributed by atoms with Crippen LogP contribution < -0.4 is 4.74 Å². The number of hydrogen-bond acceptors (Lipinski definition) is 4. The van der Waals surface area contributed by atoms with E-state index in [1.54, 1.807) is 0 Å². The summed E-state index contributed by atoms with van der Waals surface area (Å²) in [5, 5.41) is 0. The van der Waals surface area contributed by atoms with Crippen LogP contribution in [-0.2, 0) is 16.2 Å². The molecule has 0 bridgehead atoms. The Bertz CT molecular complexity index is 842. The molecule has 156 valence electrons. The van der Waals surface area contributed by atoms with Crippen LogP contribution in [0.15, 0.2) is 24.3 Å². The van der Waals surface area contributed by atoms with Crippen molar-refractivity contribution in [1.29, 1.82) is 0 Å². The maximum Gasteiger partial charge on any atom is 0.416 e. The highest BCUT2D eigenvalue weighted by atomic mass is 32.2. The van der Waals surface area contributed by atoms with Crippen molar-refractivity contribution in [2.24, 2.45) is 0 Å². The molecule has 0 radical (unpaired) electrons. The summed E-state index contributed by atoms with van der Waals surface area (Å²) < 4.78 is 95.8. The molecule has 1 amide bonds. The molecule has 6 nitrogen and oxygen atoms in total. The first-order chi connectivity index (χ1) is 12.9. The summed E-state index contributed by atoms with van der Waals surface area (Å²) in [7, 11) is -3.65. The fourth-order valence-electron chi connectivity index (χ4n) is 3.35. The van der Waals surface area contributed by atoms with Crippen LogP contribution in [0.1, 0.15) is 18.4 Å². The highest BCUT2D eigenvalue weighted by Crippen LogP contribution is 2.33. The van der Waals surface area contributed by atoms with Gasteiger partial charge in [-0.15, -0.1) is 0 Å². The highest BCUT2D eigenvalue weighted by Gasteiger charge is 2.48. The van der Waals surface area contributed by atoms with E-state index in [4.69, 9.17) is 4.74 Å². The van der Waals surface area contributed by atoms with Gasteiger partial charge in [0.05, 0.1) is 17.9 Å². The zero-order valence-electron chi connectivity index (χ0n) is 14.5. The van der Waals surface area contributed by atoms with Crippen LogP contribution in [0.4, 0.5) is 26.7 Å². The van der Waals surface area contributed by atoms with E-state index >= 15 is 0 Å². The Morgan fingerprint density at radius 3 is 2.36 bits per heavy atom. The maximum atomic E-state index is 14.1. The van der Waals surface area contributed by atoms with Crippen molar-refractivity contribution in [3.8, 4) is 5.75 Å². The Morgan fingerprint density at radius 1 is 1.18 bits per heavy atom. The topological polar surface area (TPSA) is 66.9 Å². The predicted molar refractivity (Wildman–Crippen MR) is 87.5 cm³/mol. The average molecular weight is 428 g/mol. The Labute approximate surface area is 157 Å². The third-order valence-corrected chi connectivity index (χ3v) is 6.58. The lowest BCUT2D eigenvalue weighted by Crippen LogP contribution is -2.57. The van der Waals surface area contributed by atoms with Gasteiger partial charge in [0, 0.05) is 25.6 Å². The van der Waals surface area contributed by atoms with Gasteiger partial charge in [0.2, 0.25) is 10.0 Å². The average Bonchev–Trinajstić information content (AvgIpc) is 2.92. The molecule has 1 aromatic rings. The maximum absolute atomic E-state index is 14.1. The molecule has 2 saturated heterocycles. The molecule has 1 aromatic carbocycles. The van der Waals surface area contributed by atoms with Gasteiger partial charge >= 0.3 is 12.3 Å². The molecular formula is C16H17F5N2O4S. The van der Waals surface area contributed by atoms with Crippen molar-refractivity contribution in [3.05, 3.63) is 29.8 Å². The van der Waals surface area contributed by atoms with Gasteiger partial charge in [-0.2, -0.15) is 17.5 Å². The highest BCUT2D eigenvalue weighted by molar-refractivity contribution is 7.89. The zero-order chi connectivity index (χ0) is 20.7. The minimum atomic E-state index is -4.56. The molecule has 2 aliphatic heterocycles. The molecule has 1 atom stereocenters. The lowest BCUT2D eigenvalue weighted by Gasteiger charge is -2.39. The number of benzene rings is 1. The number of ether oxygens (including phenoxy) is 1. The summed E-state index contributed by atoms with van der Waals surface area (Å²) in [6, 6.07) is 2.13. The van der Waals surface area contributed by atoms with E-state index in [2.05, 4.69) is 0 Å². The van der Waals surface area contributed by atoms with Crippen molar-refractivity contribution in [3.63, 3.8) is 0 Å². The number of rotatable bonds is 2. The number of likely N-dealkylation sites (tertiary alicyclic amines) is 1. The second-order valence-electron chi connectivity index (χ2n) is 6.76. The summed E-state index contributed by atoms with van der Waals surface area (Å²) in [6.45, 7) is -1.14. The molecule has 2 heterocycles. The molecular weight excluding hydrogens is 411 g/mol. The van der Waals surface area contributed by atoms with Crippen molar-refractivity contribution < 1.29 is 39.9 Å². The number of carbonyl (C=O) groups is 1. The van der Waals surface area contributed by atoms with Crippen LogP contribution in [0.2, 0.25) is 0 Å². The van der Waals surface area contributed by atoms with Gasteiger partial charge < -0.3 is 9.64 Å². The van der Waals surface area contributed by atoms with Crippen molar-refractivity contribution in [2.75, 3.05) is 25.4 Å². The van der Waals surface area contributed by atoms with E-state index in [0.29, 0.717) is 23.5 Å². The second kappa shape index (κ2) is 7.14. The van der Waals surface area contributed by atoms with Crippen molar-refractivity contribution >= 4 is 16.1 Å². The molecule has 0 N–H and O–H groups in total. The van der Waals surface area contributed by atoms with Crippen molar-refractivity contribution in [1.82, 2.24) is 9.21 Å². The fraction of sp³-hybridized carbons (Fsp3) is 0.562. The summed E-state index contributed by atoms with van der Waals surface area (Å²) in [5.41, 5.74) is -0.948. The first-order valence-corrected chi connectivity index (χ1v) is 10.00. The SMILES string of the molecule is O=C(Oc1ccc(C(F)(F)F)cc1)N1CC(N2CCCS2(=O)=O)CC(F)(F)C1. The first kappa shape index (κ1) is 20.8. The van der Waals surface area contributed by atoms with Crippen LogP contribution >= 0.6 is 0 Å². The molecule has 3 rings (SSSR count). The molecule has 0 spiro atoms. The van der Waals surface area contributed by atoms with Crippen molar-refractivity contribution in [2.45, 2.75) is 31.0 Å². The summed E-state index contributed by atoms with van der Waals surface area (Å²) in [4.78, 5) is 12.9. The van der Waals surface area contributed by atoms with E-state index in [1.807, 2.05) is 0 Å². The molecule has 2 aliphatic rings. The van der Waals surface area contributed by atoms with Gasteiger partial charge in [0.15, 0.2) is 0 Å². The summed E-state index contributed by atoms with van der Waals surface area (Å²) >= 11 is 0. The minimum Gasteiger partial charge on any atom is -0.410 e. The molecule has 0 aromatic heterocycles. The molecule has 2 fully saturated rings. The second-order valence-corrected chi connectivity index (χ2v) is 8.81.